The summed E-state index contributed by atoms with van der Waals surface area (Å²) >= 11 is 0. The lowest BCUT2D eigenvalue weighted by molar-refractivity contribution is -0.124. The molecule has 0 spiro atoms. The van der Waals surface area contributed by atoms with Crippen LogP contribution < -0.4 is 10.6 Å². The monoisotopic (exact) mass is 317 g/mol. The lowest BCUT2D eigenvalue weighted by Gasteiger charge is -2.21. The van der Waals surface area contributed by atoms with Crippen molar-refractivity contribution in [1.82, 2.24) is 15.6 Å². The molecule has 7 heteroatoms. The fourth-order valence-corrected chi connectivity index (χ4v) is 2.00. The van der Waals surface area contributed by atoms with Crippen LogP contribution in [-0.4, -0.2) is 27.9 Å². The maximum absolute atomic E-state index is 12.3. The quantitative estimate of drug-likeness (QED) is 0.748. The van der Waals surface area contributed by atoms with Crippen molar-refractivity contribution in [2.45, 2.75) is 26.4 Å². The molecule has 2 heterocycles. The molecule has 122 valence electrons. The second kappa shape index (κ2) is 7.44. The second-order valence-corrected chi connectivity index (χ2v) is 5.36. The fraction of sp³-hybridized carbons (Fsp3) is 0.312. The molecule has 0 fully saturated rings. The van der Waals surface area contributed by atoms with Gasteiger partial charge in [-0.05, 0) is 30.2 Å². The Morgan fingerprint density at radius 2 is 2.09 bits per heavy atom. The van der Waals surface area contributed by atoms with E-state index < -0.39 is 11.9 Å². The maximum Gasteiger partial charge on any atom is 0.287 e. The average molecular weight is 317 g/mol. The third kappa shape index (κ3) is 4.32. The zero-order valence-corrected chi connectivity index (χ0v) is 12.9. The predicted molar refractivity (Wildman–Crippen MR) is 82.5 cm³/mol. The van der Waals surface area contributed by atoms with Gasteiger partial charge in [-0.25, -0.2) is 0 Å². The Morgan fingerprint density at radius 1 is 1.30 bits per heavy atom. The molecule has 1 atom stereocenters. The van der Waals surface area contributed by atoms with E-state index >= 15 is 0 Å². The Kier molecular flexibility index (Phi) is 5.35. The number of nitrogens with one attached hydrogen (secondary N) is 2. The number of carbonyl (C=O) groups is 2. The largest absolute Gasteiger partial charge is 0.506 e. The Balaban J connectivity index is 1.98. The van der Waals surface area contributed by atoms with Gasteiger partial charge in [0.25, 0.3) is 5.91 Å². The summed E-state index contributed by atoms with van der Waals surface area (Å²) in [6.07, 6.45) is 2.92. The van der Waals surface area contributed by atoms with Crippen molar-refractivity contribution in [3.05, 3.63) is 48.2 Å². The highest BCUT2D eigenvalue weighted by Crippen LogP contribution is 2.12. The first kappa shape index (κ1) is 16.5. The van der Waals surface area contributed by atoms with Crippen LogP contribution in [0.4, 0.5) is 0 Å². The molecule has 0 aliphatic carbocycles. The van der Waals surface area contributed by atoms with Crippen molar-refractivity contribution in [2.24, 2.45) is 5.92 Å². The minimum Gasteiger partial charge on any atom is -0.506 e. The van der Waals surface area contributed by atoms with E-state index in [4.69, 9.17) is 4.42 Å². The van der Waals surface area contributed by atoms with Crippen molar-refractivity contribution < 1.29 is 19.1 Å². The van der Waals surface area contributed by atoms with Crippen LogP contribution in [0, 0.1) is 5.92 Å². The normalized spacial score (nSPS) is 12.0. The number of rotatable bonds is 6. The number of aromatic nitrogens is 1. The molecule has 0 saturated carbocycles. The number of hydrogen-bond acceptors (Lipinski definition) is 5. The van der Waals surface area contributed by atoms with E-state index in [0.717, 1.165) is 0 Å². The first-order valence-electron chi connectivity index (χ1n) is 7.24. The van der Waals surface area contributed by atoms with E-state index in [2.05, 4.69) is 15.6 Å². The molecule has 0 aliphatic heterocycles. The zero-order valence-electron chi connectivity index (χ0n) is 12.9. The van der Waals surface area contributed by atoms with Crippen molar-refractivity contribution in [3.8, 4) is 5.75 Å². The van der Waals surface area contributed by atoms with Gasteiger partial charge in [-0.2, -0.15) is 0 Å². The van der Waals surface area contributed by atoms with Gasteiger partial charge < -0.3 is 20.2 Å². The van der Waals surface area contributed by atoms with E-state index in [1.165, 1.54) is 24.6 Å². The molecule has 2 rings (SSSR count). The van der Waals surface area contributed by atoms with Crippen molar-refractivity contribution >= 4 is 11.8 Å². The lowest BCUT2D eigenvalue weighted by Crippen LogP contribution is -2.49. The molecule has 3 N–H and O–H groups in total. The Labute approximate surface area is 133 Å². The summed E-state index contributed by atoms with van der Waals surface area (Å²) in [5.41, 5.74) is 0.362. The summed E-state index contributed by atoms with van der Waals surface area (Å²) in [7, 11) is 0. The van der Waals surface area contributed by atoms with Crippen LogP contribution in [0.25, 0.3) is 0 Å². The molecule has 0 unspecified atom stereocenters. The van der Waals surface area contributed by atoms with Gasteiger partial charge in [0.15, 0.2) is 5.76 Å². The number of furan rings is 1. The van der Waals surface area contributed by atoms with Gasteiger partial charge in [0.2, 0.25) is 5.91 Å². The molecule has 23 heavy (non-hydrogen) atoms. The minimum absolute atomic E-state index is 0.00789. The Bertz CT molecular complexity index is 668. The molecule has 0 saturated heterocycles. The van der Waals surface area contributed by atoms with Gasteiger partial charge in [-0.3, -0.25) is 14.6 Å². The summed E-state index contributed by atoms with van der Waals surface area (Å²) < 4.78 is 5.01. The Hall–Kier alpha value is -2.83. The van der Waals surface area contributed by atoms with Gasteiger partial charge in [0.05, 0.1) is 12.8 Å². The Morgan fingerprint density at radius 3 is 2.70 bits per heavy atom. The van der Waals surface area contributed by atoms with Crippen LogP contribution in [0.5, 0.6) is 5.75 Å². The van der Waals surface area contributed by atoms with Crippen molar-refractivity contribution in [1.29, 1.82) is 0 Å². The molecule has 2 amide bonds. The maximum atomic E-state index is 12.3. The molecular formula is C16H19N3O4. The molecule has 7 nitrogen and oxygen atoms in total. The number of pyridine rings is 1. The van der Waals surface area contributed by atoms with E-state index in [1.54, 1.807) is 12.1 Å². The standard InChI is InChI=1S/C16H19N3O4/c1-10(2)14(19-15(21)13-6-4-8-23-13)16(22)18-9-11-12(20)5-3-7-17-11/h3-8,10,14,20H,9H2,1-2H3,(H,18,22)(H,19,21)/t14-/m0/s1. The van der Waals surface area contributed by atoms with E-state index in [0.29, 0.717) is 5.69 Å². The molecule has 0 bridgehead atoms. The van der Waals surface area contributed by atoms with Crippen LogP contribution in [0.15, 0.2) is 41.1 Å². The summed E-state index contributed by atoms with van der Waals surface area (Å²) in [4.78, 5) is 28.3. The van der Waals surface area contributed by atoms with E-state index in [1.807, 2.05) is 13.8 Å². The zero-order chi connectivity index (χ0) is 16.8. The van der Waals surface area contributed by atoms with E-state index in [-0.39, 0.29) is 29.9 Å². The summed E-state index contributed by atoms with van der Waals surface area (Å²) in [5, 5.41) is 15.0. The van der Waals surface area contributed by atoms with Crippen LogP contribution in [0.2, 0.25) is 0 Å². The number of amides is 2. The molecule has 0 radical (unpaired) electrons. The third-order valence-electron chi connectivity index (χ3n) is 3.28. The van der Waals surface area contributed by atoms with Crippen LogP contribution >= 0.6 is 0 Å². The van der Waals surface area contributed by atoms with Gasteiger partial charge in [0.1, 0.15) is 17.5 Å². The van der Waals surface area contributed by atoms with Crippen LogP contribution in [-0.2, 0) is 11.3 Å². The first-order valence-corrected chi connectivity index (χ1v) is 7.24. The second-order valence-electron chi connectivity index (χ2n) is 5.36. The number of nitrogens with zero attached hydrogens (tertiary/aromatic N) is 1. The van der Waals surface area contributed by atoms with Gasteiger partial charge in [-0.15, -0.1) is 0 Å². The molecular weight excluding hydrogens is 298 g/mol. The summed E-state index contributed by atoms with van der Waals surface area (Å²) in [5.74, 6) is -0.778. The van der Waals surface area contributed by atoms with Gasteiger partial charge in [0, 0.05) is 6.20 Å². The molecule has 0 aliphatic rings. The van der Waals surface area contributed by atoms with E-state index in [9.17, 15) is 14.7 Å². The van der Waals surface area contributed by atoms with Crippen molar-refractivity contribution in [2.75, 3.05) is 0 Å². The third-order valence-corrected chi connectivity index (χ3v) is 3.28. The van der Waals surface area contributed by atoms with Crippen LogP contribution in [0.3, 0.4) is 0 Å². The minimum atomic E-state index is -0.724. The summed E-state index contributed by atoms with van der Waals surface area (Å²) in [6.45, 7) is 3.72. The SMILES string of the molecule is CC(C)[C@H](NC(=O)c1ccco1)C(=O)NCc1ncccc1O. The van der Waals surface area contributed by atoms with Gasteiger partial charge in [-0.1, -0.05) is 13.8 Å². The highest BCUT2D eigenvalue weighted by molar-refractivity contribution is 5.95. The topological polar surface area (TPSA) is 104 Å². The fourth-order valence-electron chi connectivity index (χ4n) is 2.00. The smallest absolute Gasteiger partial charge is 0.287 e. The molecule has 2 aromatic rings. The van der Waals surface area contributed by atoms with Crippen molar-refractivity contribution in [3.63, 3.8) is 0 Å². The highest BCUT2D eigenvalue weighted by Gasteiger charge is 2.25. The first-order chi connectivity index (χ1) is 11.0. The lowest BCUT2D eigenvalue weighted by atomic mass is 10.0. The van der Waals surface area contributed by atoms with Gasteiger partial charge >= 0.3 is 0 Å². The number of carbonyl (C=O) groups excluding carboxylic acids is 2. The number of aromatic hydroxyl groups is 1. The predicted octanol–water partition coefficient (Wildman–Crippen LogP) is 1.45. The molecule has 2 aromatic heterocycles. The highest BCUT2D eigenvalue weighted by atomic mass is 16.3. The average Bonchev–Trinajstić information content (AvgIpc) is 3.05. The summed E-state index contributed by atoms with van der Waals surface area (Å²) in [6, 6.07) is 5.49. The van der Waals surface area contributed by atoms with Crippen LogP contribution in [0.1, 0.15) is 30.1 Å². The molecule has 0 aromatic carbocycles. The number of hydrogen-bond donors (Lipinski definition) is 3.